The largest absolute Gasteiger partial charge is 0.402 e. The summed E-state index contributed by atoms with van der Waals surface area (Å²) in [6.45, 7) is 0. The van der Waals surface area contributed by atoms with Crippen LogP contribution in [0, 0.1) is 0 Å². The van der Waals surface area contributed by atoms with E-state index in [1.165, 1.54) is 12.5 Å². The van der Waals surface area contributed by atoms with E-state index >= 15 is 0 Å². The number of hydrogen-bond donors (Lipinski definition) is 2. The van der Waals surface area contributed by atoms with Crippen LogP contribution in [0.25, 0.3) is 0 Å². The van der Waals surface area contributed by atoms with Crippen molar-refractivity contribution in [3.8, 4) is 0 Å². The van der Waals surface area contributed by atoms with E-state index in [-0.39, 0.29) is 0 Å². The molecule has 0 saturated carbocycles. The zero-order valence-electron chi connectivity index (χ0n) is 4.56. The number of hydrogen-bond acceptors (Lipinski definition) is 2. The van der Waals surface area contributed by atoms with E-state index in [0.29, 0.717) is 5.16 Å². The van der Waals surface area contributed by atoms with Crippen molar-refractivity contribution in [1.82, 2.24) is 5.32 Å². The van der Waals surface area contributed by atoms with Crippen molar-refractivity contribution < 1.29 is 0 Å². The average molecular weight is 134 g/mol. The number of rotatable bonds is 2. The monoisotopic (exact) mass is 133 g/mol. The van der Waals surface area contributed by atoms with Crippen molar-refractivity contribution in [3.63, 3.8) is 0 Å². The second kappa shape index (κ2) is 4.46. The van der Waals surface area contributed by atoms with Gasteiger partial charge in [0.25, 0.3) is 0 Å². The van der Waals surface area contributed by atoms with Gasteiger partial charge in [-0.05, 0) is 0 Å². The quantitative estimate of drug-likeness (QED) is 0.322. The first-order valence-corrected chi connectivity index (χ1v) is 2.43. The molecule has 3 N–H and O–H groups in total. The van der Waals surface area contributed by atoms with Crippen molar-refractivity contribution in [2.75, 3.05) is 7.05 Å². The highest BCUT2D eigenvalue weighted by Crippen LogP contribution is 1.87. The van der Waals surface area contributed by atoms with Crippen molar-refractivity contribution in [2.45, 2.75) is 0 Å². The zero-order chi connectivity index (χ0) is 6.41. The Balaban J connectivity index is 3.40. The molecule has 0 aromatic rings. The van der Waals surface area contributed by atoms with Crippen LogP contribution in [0.15, 0.2) is 16.3 Å². The van der Waals surface area contributed by atoms with E-state index in [1.807, 2.05) is 0 Å². The SMILES string of the molecule is CN=CN/C(Cl)=C\N. The van der Waals surface area contributed by atoms with Crippen LogP contribution in [0.3, 0.4) is 0 Å². The molecule has 0 aliphatic carbocycles. The molecule has 0 spiro atoms. The van der Waals surface area contributed by atoms with Crippen LogP contribution in [0.5, 0.6) is 0 Å². The molecular weight excluding hydrogens is 126 g/mol. The molecule has 0 amide bonds. The van der Waals surface area contributed by atoms with Crippen LogP contribution in [0.2, 0.25) is 0 Å². The van der Waals surface area contributed by atoms with Crippen LogP contribution in [-0.4, -0.2) is 13.4 Å². The summed E-state index contributed by atoms with van der Waals surface area (Å²) in [6.07, 6.45) is 2.70. The lowest BCUT2D eigenvalue weighted by Crippen LogP contribution is -2.06. The summed E-state index contributed by atoms with van der Waals surface area (Å²) in [7, 11) is 1.63. The lowest BCUT2D eigenvalue weighted by Gasteiger charge is -1.90. The molecule has 8 heavy (non-hydrogen) atoms. The maximum absolute atomic E-state index is 5.38. The fraction of sp³-hybridized carbons (Fsp3) is 0.250. The summed E-state index contributed by atoms with van der Waals surface area (Å²) in [5.41, 5.74) is 4.99. The van der Waals surface area contributed by atoms with E-state index < -0.39 is 0 Å². The molecular formula is C4H8ClN3. The Morgan fingerprint density at radius 1 is 1.88 bits per heavy atom. The van der Waals surface area contributed by atoms with Gasteiger partial charge in [-0.25, -0.2) is 0 Å². The Morgan fingerprint density at radius 2 is 2.50 bits per heavy atom. The first-order valence-electron chi connectivity index (χ1n) is 2.06. The first-order chi connectivity index (χ1) is 3.81. The number of halogens is 1. The molecule has 0 aromatic carbocycles. The van der Waals surface area contributed by atoms with Gasteiger partial charge >= 0.3 is 0 Å². The summed E-state index contributed by atoms with van der Waals surface area (Å²) < 4.78 is 0. The number of nitrogens with zero attached hydrogens (tertiary/aromatic N) is 1. The van der Waals surface area contributed by atoms with Gasteiger partial charge in [-0.1, -0.05) is 11.6 Å². The second-order valence-corrected chi connectivity index (χ2v) is 1.45. The predicted octanol–water partition coefficient (Wildman–Crippen LogP) is 0.231. The highest BCUT2D eigenvalue weighted by molar-refractivity contribution is 6.29. The summed E-state index contributed by atoms with van der Waals surface area (Å²) >= 11 is 5.38. The van der Waals surface area contributed by atoms with Gasteiger partial charge in [0, 0.05) is 13.2 Å². The van der Waals surface area contributed by atoms with Gasteiger partial charge < -0.3 is 11.1 Å². The van der Waals surface area contributed by atoms with E-state index in [9.17, 15) is 0 Å². The highest BCUT2D eigenvalue weighted by atomic mass is 35.5. The molecule has 0 unspecified atom stereocenters. The van der Waals surface area contributed by atoms with E-state index in [0.717, 1.165) is 0 Å². The van der Waals surface area contributed by atoms with Gasteiger partial charge in [0.05, 0.1) is 6.34 Å². The molecule has 46 valence electrons. The molecule has 0 aromatic heterocycles. The topological polar surface area (TPSA) is 50.4 Å². The van der Waals surface area contributed by atoms with Gasteiger partial charge in [-0.3, -0.25) is 4.99 Å². The molecule has 0 rings (SSSR count). The third-order valence-electron chi connectivity index (χ3n) is 0.478. The standard InChI is InChI=1S/C4H8ClN3/c1-7-3-8-4(5)2-6/h2-3H,6H2,1H3,(H,7,8)/b4-2-. The Morgan fingerprint density at radius 3 is 2.88 bits per heavy atom. The minimum Gasteiger partial charge on any atom is -0.402 e. The van der Waals surface area contributed by atoms with Gasteiger partial charge in [-0.15, -0.1) is 0 Å². The molecule has 0 bridgehead atoms. The maximum atomic E-state index is 5.38. The minimum atomic E-state index is 0.371. The first kappa shape index (κ1) is 7.30. The lowest BCUT2D eigenvalue weighted by atomic mass is 10.9. The van der Waals surface area contributed by atoms with Crippen molar-refractivity contribution in [3.05, 3.63) is 11.4 Å². The minimum absolute atomic E-state index is 0.371. The Kier molecular flexibility index (Phi) is 4.07. The smallest absolute Gasteiger partial charge is 0.123 e. The summed E-state index contributed by atoms with van der Waals surface area (Å²) in [4.78, 5) is 3.61. The van der Waals surface area contributed by atoms with E-state index in [2.05, 4.69) is 10.3 Å². The molecule has 0 aliphatic rings. The van der Waals surface area contributed by atoms with Crippen molar-refractivity contribution >= 4 is 17.9 Å². The fourth-order valence-corrected chi connectivity index (χ4v) is 0.223. The molecule has 0 heterocycles. The molecule has 0 radical (unpaired) electrons. The number of aliphatic imine (C=N–C) groups is 1. The van der Waals surface area contributed by atoms with Gasteiger partial charge in [0.1, 0.15) is 5.16 Å². The fourth-order valence-electron chi connectivity index (χ4n) is 0.174. The Bertz CT molecular complexity index is 108. The zero-order valence-corrected chi connectivity index (χ0v) is 5.31. The normalized spacial score (nSPS) is 12.5. The van der Waals surface area contributed by atoms with Crippen LogP contribution in [0.1, 0.15) is 0 Å². The van der Waals surface area contributed by atoms with Crippen LogP contribution in [-0.2, 0) is 0 Å². The van der Waals surface area contributed by atoms with E-state index in [4.69, 9.17) is 17.3 Å². The predicted molar refractivity (Wildman–Crippen MR) is 35.7 cm³/mol. The van der Waals surface area contributed by atoms with Crippen molar-refractivity contribution in [2.24, 2.45) is 10.7 Å². The molecule has 0 fully saturated rings. The van der Waals surface area contributed by atoms with E-state index in [1.54, 1.807) is 7.05 Å². The Labute approximate surface area is 53.2 Å². The summed E-state index contributed by atoms with van der Waals surface area (Å²) in [6, 6.07) is 0. The molecule has 3 nitrogen and oxygen atoms in total. The third kappa shape index (κ3) is 3.49. The van der Waals surface area contributed by atoms with Crippen molar-refractivity contribution in [1.29, 1.82) is 0 Å². The van der Waals surface area contributed by atoms with Gasteiger partial charge in [-0.2, -0.15) is 0 Å². The highest BCUT2D eigenvalue weighted by Gasteiger charge is 1.78. The van der Waals surface area contributed by atoms with Crippen LogP contribution >= 0.6 is 11.6 Å². The second-order valence-electron chi connectivity index (χ2n) is 1.05. The number of nitrogens with one attached hydrogen (secondary N) is 1. The molecule has 0 aliphatic heterocycles. The third-order valence-corrected chi connectivity index (χ3v) is 0.713. The number of nitrogens with two attached hydrogens (primary N) is 1. The lowest BCUT2D eigenvalue weighted by molar-refractivity contribution is 1.23. The Hall–Kier alpha value is -0.700. The summed E-state index contributed by atoms with van der Waals surface area (Å²) in [5.74, 6) is 0. The van der Waals surface area contributed by atoms with Gasteiger partial charge in [0.2, 0.25) is 0 Å². The van der Waals surface area contributed by atoms with Crippen LogP contribution < -0.4 is 11.1 Å². The van der Waals surface area contributed by atoms with Crippen LogP contribution in [0.4, 0.5) is 0 Å². The molecule has 0 saturated heterocycles. The molecule has 0 atom stereocenters. The average Bonchev–Trinajstić information content (AvgIpc) is 1.83. The summed E-state index contributed by atoms with van der Waals surface area (Å²) in [5, 5.41) is 2.96. The van der Waals surface area contributed by atoms with Gasteiger partial charge in [0.15, 0.2) is 0 Å². The maximum Gasteiger partial charge on any atom is 0.123 e. The molecule has 4 heteroatoms.